The molecule has 2 aliphatic carbocycles. The largest absolute Gasteiger partial charge is 0.0955 e. The van der Waals surface area contributed by atoms with Gasteiger partial charge in [0, 0.05) is 0 Å². The average molecular weight is 182 g/mol. The Labute approximate surface area is 85.0 Å². The molecule has 0 fully saturated rings. The van der Waals surface area contributed by atoms with Crippen molar-refractivity contribution in [2.75, 3.05) is 0 Å². The molecule has 0 heteroatoms. The lowest BCUT2D eigenvalue weighted by atomic mass is 9.89. The van der Waals surface area contributed by atoms with E-state index in [0.717, 1.165) is 6.42 Å². The van der Waals surface area contributed by atoms with Crippen molar-refractivity contribution >= 4 is 5.57 Å². The van der Waals surface area contributed by atoms with Crippen LogP contribution in [0.1, 0.15) is 30.4 Å². The van der Waals surface area contributed by atoms with E-state index in [2.05, 4.69) is 30.8 Å². The highest BCUT2D eigenvalue weighted by Crippen LogP contribution is 2.43. The average Bonchev–Trinajstić information content (AvgIpc) is 2.59. The maximum atomic E-state index is 4.18. The lowest BCUT2D eigenvalue weighted by Crippen LogP contribution is -1.97. The van der Waals surface area contributed by atoms with E-state index in [0.29, 0.717) is 0 Å². The summed E-state index contributed by atoms with van der Waals surface area (Å²) in [6.45, 7) is 4.18. The van der Waals surface area contributed by atoms with Crippen molar-refractivity contribution in [2.45, 2.75) is 25.7 Å². The van der Waals surface area contributed by atoms with Gasteiger partial charge in [0.2, 0.25) is 0 Å². The molecule has 2 aliphatic rings. The van der Waals surface area contributed by atoms with Gasteiger partial charge in [-0.2, -0.15) is 0 Å². The Kier molecular flexibility index (Phi) is 1.63. The van der Waals surface area contributed by atoms with E-state index in [1.807, 2.05) is 0 Å². The van der Waals surface area contributed by atoms with Crippen LogP contribution in [0.15, 0.2) is 42.0 Å². The molecule has 1 aromatic carbocycles. The lowest BCUT2D eigenvalue weighted by molar-refractivity contribution is 0.818. The maximum absolute atomic E-state index is 4.18. The molecule has 0 radical (unpaired) electrons. The topological polar surface area (TPSA) is 0 Å². The van der Waals surface area contributed by atoms with Gasteiger partial charge in [-0.15, -0.1) is 0 Å². The molecule has 70 valence electrons. The fourth-order valence-corrected chi connectivity index (χ4v) is 2.68. The van der Waals surface area contributed by atoms with Gasteiger partial charge in [0.05, 0.1) is 0 Å². The van der Waals surface area contributed by atoms with Crippen LogP contribution in [0.4, 0.5) is 0 Å². The first kappa shape index (κ1) is 8.05. The van der Waals surface area contributed by atoms with Gasteiger partial charge in [0.15, 0.2) is 0 Å². The van der Waals surface area contributed by atoms with Crippen molar-refractivity contribution in [3.8, 4) is 0 Å². The second kappa shape index (κ2) is 2.84. The zero-order valence-corrected chi connectivity index (χ0v) is 8.34. The van der Waals surface area contributed by atoms with Gasteiger partial charge in [0.25, 0.3) is 0 Å². The fourth-order valence-electron chi connectivity index (χ4n) is 2.68. The Morgan fingerprint density at radius 1 is 1.00 bits per heavy atom. The van der Waals surface area contributed by atoms with Crippen molar-refractivity contribution in [3.05, 3.63) is 53.1 Å². The third-order valence-corrected chi connectivity index (χ3v) is 3.41. The van der Waals surface area contributed by atoms with Gasteiger partial charge in [0.1, 0.15) is 0 Å². The zero-order valence-electron chi connectivity index (χ0n) is 8.34. The molecule has 0 N–H and O–H groups in total. The van der Waals surface area contributed by atoms with Crippen LogP contribution in [0.5, 0.6) is 0 Å². The SMILES string of the molecule is C=C1CCCC2=C1Cc1ccccc12. The van der Waals surface area contributed by atoms with Gasteiger partial charge in [-0.25, -0.2) is 0 Å². The molecule has 0 spiro atoms. The standard InChI is InChI=1S/C14H14/c1-10-5-4-8-13-12-7-3-2-6-11(12)9-14(10)13/h2-3,6-7H,1,4-5,8-9H2. The van der Waals surface area contributed by atoms with Gasteiger partial charge in [-0.05, 0) is 48.0 Å². The molecular weight excluding hydrogens is 168 g/mol. The molecule has 0 aromatic heterocycles. The number of rotatable bonds is 0. The summed E-state index contributed by atoms with van der Waals surface area (Å²) in [5.41, 5.74) is 7.49. The van der Waals surface area contributed by atoms with Crippen LogP contribution in [-0.4, -0.2) is 0 Å². The summed E-state index contributed by atoms with van der Waals surface area (Å²) in [6, 6.07) is 8.80. The number of allylic oxidation sites excluding steroid dienone is 3. The summed E-state index contributed by atoms with van der Waals surface area (Å²) in [6.07, 6.45) is 4.87. The Balaban J connectivity index is 2.16. The molecule has 0 bridgehead atoms. The van der Waals surface area contributed by atoms with Crippen LogP contribution >= 0.6 is 0 Å². The molecule has 0 aliphatic heterocycles. The molecule has 0 heterocycles. The lowest BCUT2D eigenvalue weighted by Gasteiger charge is -2.16. The Morgan fingerprint density at radius 3 is 2.79 bits per heavy atom. The second-order valence-electron chi connectivity index (χ2n) is 4.25. The van der Waals surface area contributed by atoms with Crippen molar-refractivity contribution in [3.63, 3.8) is 0 Å². The molecule has 0 saturated carbocycles. The Morgan fingerprint density at radius 2 is 1.86 bits per heavy atom. The van der Waals surface area contributed by atoms with Crippen LogP contribution in [0.2, 0.25) is 0 Å². The van der Waals surface area contributed by atoms with Gasteiger partial charge < -0.3 is 0 Å². The minimum absolute atomic E-state index is 1.13. The predicted octanol–water partition coefficient (Wildman–Crippen LogP) is 3.74. The monoisotopic (exact) mass is 182 g/mol. The van der Waals surface area contributed by atoms with Crippen molar-refractivity contribution in [2.24, 2.45) is 0 Å². The van der Waals surface area contributed by atoms with Crippen LogP contribution in [0, 0.1) is 0 Å². The normalized spacial score (nSPS) is 19.6. The van der Waals surface area contributed by atoms with Crippen molar-refractivity contribution in [1.82, 2.24) is 0 Å². The van der Waals surface area contributed by atoms with Gasteiger partial charge in [-0.3, -0.25) is 0 Å². The summed E-state index contributed by atoms with van der Waals surface area (Å²) < 4.78 is 0. The third kappa shape index (κ3) is 1.00. The van der Waals surface area contributed by atoms with Crippen LogP contribution in [0.25, 0.3) is 5.57 Å². The predicted molar refractivity (Wildman–Crippen MR) is 60.1 cm³/mol. The molecule has 3 rings (SSSR count). The zero-order chi connectivity index (χ0) is 9.54. The number of hydrogen-bond acceptors (Lipinski definition) is 0. The van der Waals surface area contributed by atoms with Crippen LogP contribution in [-0.2, 0) is 6.42 Å². The Bertz CT molecular complexity index is 435. The summed E-state index contributed by atoms with van der Waals surface area (Å²) in [4.78, 5) is 0. The molecule has 0 saturated heterocycles. The van der Waals surface area contributed by atoms with Crippen LogP contribution < -0.4 is 0 Å². The smallest absolute Gasteiger partial charge is 0.00143 e. The molecule has 0 unspecified atom stereocenters. The van der Waals surface area contributed by atoms with Crippen molar-refractivity contribution < 1.29 is 0 Å². The number of benzene rings is 1. The first-order valence-electron chi connectivity index (χ1n) is 5.35. The minimum Gasteiger partial charge on any atom is -0.0955 e. The van der Waals surface area contributed by atoms with Crippen molar-refractivity contribution in [1.29, 1.82) is 0 Å². The number of hydrogen-bond donors (Lipinski definition) is 0. The number of fused-ring (bicyclic) bond motifs is 2. The summed E-state index contributed by atoms with van der Waals surface area (Å²) in [5, 5.41) is 0. The molecule has 0 atom stereocenters. The minimum atomic E-state index is 1.13. The highest BCUT2D eigenvalue weighted by Gasteiger charge is 2.24. The third-order valence-electron chi connectivity index (χ3n) is 3.41. The first-order chi connectivity index (χ1) is 6.86. The molecule has 1 aromatic rings. The molecule has 14 heavy (non-hydrogen) atoms. The molecule has 0 nitrogen and oxygen atoms in total. The quantitative estimate of drug-likeness (QED) is 0.573. The van der Waals surface area contributed by atoms with E-state index in [1.165, 1.54) is 41.5 Å². The highest BCUT2D eigenvalue weighted by molar-refractivity contribution is 5.80. The highest BCUT2D eigenvalue weighted by atomic mass is 14.3. The van der Waals surface area contributed by atoms with Gasteiger partial charge >= 0.3 is 0 Å². The molecular formula is C14H14. The van der Waals surface area contributed by atoms with Crippen LogP contribution in [0.3, 0.4) is 0 Å². The van der Waals surface area contributed by atoms with E-state index in [1.54, 1.807) is 5.57 Å². The van der Waals surface area contributed by atoms with E-state index in [9.17, 15) is 0 Å². The Hall–Kier alpha value is -1.30. The summed E-state index contributed by atoms with van der Waals surface area (Å²) in [5.74, 6) is 0. The summed E-state index contributed by atoms with van der Waals surface area (Å²) in [7, 11) is 0. The van der Waals surface area contributed by atoms with E-state index in [4.69, 9.17) is 0 Å². The molecule has 0 amide bonds. The summed E-state index contributed by atoms with van der Waals surface area (Å²) >= 11 is 0. The van der Waals surface area contributed by atoms with E-state index < -0.39 is 0 Å². The second-order valence-corrected chi connectivity index (χ2v) is 4.25. The van der Waals surface area contributed by atoms with Gasteiger partial charge in [-0.1, -0.05) is 36.4 Å². The van der Waals surface area contributed by atoms with E-state index >= 15 is 0 Å². The maximum Gasteiger partial charge on any atom is -0.00143 e. The fraction of sp³-hybridized carbons (Fsp3) is 0.286. The first-order valence-corrected chi connectivity index (χ1v) is 5.35. The van der Waals surface area contributed by atoms with E-state index in [-0.39, 0.29) is 0 Å².